The van der Waals surface area contributed by atoms with Crippen LogP contribution in [0.5, 0.6) is 11.8 Å². The Morgan fingerprint density at radius 3 is 1.61 bits per heavy atom. The van der Waals surface area contributed by atoms with Crippen LogP contribution < -0.4 is 103 Å². The number of rotatable bonds is 6. The summed E-state index contributed by atoms with van der Waals surface area (Å²) in [4.78, 5) is 91.3. The number of H-pyrrole nitrogens is 3. The second-order valence-electron chi connectivity index (χ2n) is 8.07. The van der Waals surface area contributed by atoms with Gasteiger partial charge < -0.3 is 80.7 Å². The van der Waals surface area contributed by atoms with Crippen LogP contribution in [0.1, 0.15) is 56.3 Å². The number of nitrogens with one attached hydrogen (secondary N) is 6. The summed E-state index contributed by atoms with van der Waals surface area (Å²) in [5, 5.41) is 41.4. The molecule has 0 saturated carbocycles. The molecule has 28 heteroatoms. The van der Waals surface area contributed by atoms with Crippen LogP contribution in [0.3, 0.4) is 0 Å². The number of nitrogens with zero attached hydrogens (tertiary/aromatic N) is 1. The first-order valence-electron chi connectivity index (χ1n) is 13.9. The summed E-state index contributed by atoms with van der Waals surface area (Å²) in [6.45, 7) is 11.2. The molecule has 1 atom stereocenters. The average molecular weight is 851 g/mol. The molecule has 2 heterocycles. The largest absolute Gasteiger partial charge is 1.00 e. The number of esters is 1. The first-order chi connectivity index (χ1) is 23.6. The molecule has 15 N–H and O–H groups in total. The number of thiocarbonyl (C=S) groups is 1. The van der Waals surface area contributed by atoms with E-state index >= 15 is 0 Å². The first kappa shape index (κ1) is 68.6. The molecule has 2 rings (SSSR count). The number of aromatic nitrogens is 4. The van der Waals surface area contributed by atoms with Crippen molar-refractivity contribution < 1.29 is 120 Å². The van der Waals surface area contributed by atoms with Crippen LogP contribution in [0, 0.1) is 4.77 Å². The van der Waals surface area contributed by atoms with Gasteiger partial charge in [0.25, 0.3) is 11.1 Å². The van der Waals surface area contributed by atoms with Crippen LogP contribution >= 0.6 is 24.4 Å². The third kappa shape index (κ3) is 44.8. The summed E-state index contributed by atoms with van der Waals surface area (Å²) in [6, 6.07) is -0.498. The van der Waals surface area contributed by atoms with Crippen LogP contribution in [0.2, 0.25) is 0 Å². The van der Waals surface area contributed by atoms with Gasteiger partial charge >= 0.3 is 72.7 Å². The maximum absolute atomic E-state index is 11.1. The zero-order valence-electron chi connectivity index (χ0n) is 32.2. The Kier molecular flexibility index (Phi) is 56.0. The number of carbonyl (C=O) groups is 4. The van der Waals surface area contributed by atoms with E-state index in [1.165, 1.54) is 20.8 Å². The van der Waals surface area contributed by atoms with E-state index in [1.807, 2.05) is 6.92 Å². The molecule has 0 aliphatic carbocycles. The van der Waals surface area contributed by atoms with Crippen molar-refractivity contribution in [2.45, 2.75) is 66.1 Å². The van der Waals surface area contributed by atoms with Crippen molar-refractivity contribution in [3.63, 3.8) is 0 Å². The fourth-order valence-electron chi connectivity index (χ4n) is 2.31. The van der Waals surface area contributed by atoms with Gasteiger partial charge in [-0.2, -0.15) is 9.59 Å². The SMILES string of the molecule is CC(=O)Nc1c(O)[nH]c(=S)[nH]c1=O.CC(=O)Nc1c(O)nc([S-])[nH]c1=O.CCO.CCOC(=O)C(CC)NC(C)=O.CC[O-].NC(N)=S.O.O=C=O.[H+].[Na+].[Na+]. The van der Waals surface area contributed by atoms with Gasteiger partial charge in [-0.1, -0.05) is 13.8 Å². The third-order valence-electron chi connectivity index (χ3n) is 3.76. The molecule has 2 aromatic heterocycles. The molecule has 54 heavy (non-hydrogen) atoms. The van der Waals surface area contributed by atoms with E-state index in [4.69, 9.17) is 34.8 Å². The zero-order valence-corrected chi connectivity index (χ0v) is 37.6. The monoisotopic (exact) mass is 850 g/mol. The van der Waals surface area contributed by atoms with E-state index in [-0.39, 0.29) is 124 Å². The maximum atomic E-state index is 11.1. The summed E-state index contributed by atoms with van der Waals surface area (Å²) in [7, 11) is 0. The molecule has 0 spiro atoms. The minimum Gasteiger partial charge on any atom is -0.855 e. The quantitative estimate of drug-likeness (QED) is 0.0423. The minimum atomic E-state index is -0.673. The van der Waals surface area contributed by atoms with Gasteiger partial charge in [-0.3, -0.25) is 29.0 Å². The number of ether oxygens (including phenoxy) is 1. The van der Waals surface area contributed by atoms with Crippen molar-refractivity contribution in [3.05, 3.63) is 25.5 Å². The summed E-state index contributed by atoms with van der Waals surface area (Å²) in [5.41, 5.74) is 7.40. The number of aliphatic hydroxyl groups excluding tert-OH is 1. The second-order valence-corrected chi connectivity index (χ2v) is 9.33. The van der Waals surface area contributed by atoms with Gasteiger partial charge in [-0.15, -0.1) is 6.61 Å². The molecular formula is C26H46N9Na2O14S3+. The van der Waals surface area contributed by atoms with E-state index in [9.17, 15) is 28.8 Å². The molecular weight excluding hydrogens is 805 g/mol. The number of hydrogen-bond donors (Lipinski definition) is 11. The molecule has 0 radical (unpaired) electrons. The number of nitrogens with two attached hydrogens (primary N) is 2. The van der Waals surface area contributed by atoms with E-state index in [1.54, 1.807) is 20.8 Å². The van der Waals surface area contributed by atoms with Crippen molar-refractivity contribution in [2.24, 2.45) is 11.5 Å². The Hall–Kier alpha value is -3.37. The van der Waals surface area contributed by atoms with Gasteiger partial charge in [0.2, 0.25) is 29.5 Å². The molecule has 0 aliphatic heterocycles. The molecule has 3 amide bonds. The Labute approximate surface area is 371 Å². The number of anilines is 2. The number of aromatic hydroxyl groups is 2. The second kappa shape index (κ2) is 44.0. The Bertz CT molecular complexity index is 1570. The molecule has 1 unspecified atom stereocenters. The molecule has 298 valence electrons. The Morgan fingerprint density at radius 2 is 1.31 bits per heavy atom. The number of hydrogen-bond acceptors (Lipinski definition) is 17. The molecule has 0 saturated heterocycles. The van der Waals surface area contributed by atoms with Crippen molar-refractivity contribution in [1.29, 1.82) is 0 Å². The number of aromatic amines is 3. The summed E-state index contributed by atoms with van der Waals surface area (Å²) >= 11 is 13.2. The van der Waals surface area contributed by atoms with Crippen molar-refractivity contribution in [1.82, 2.24) is 25.3 Å². The summed E-state index contributed by atoms with van der Waals surface area (Å²) in [5.74, 6) is -2.54. The van der Waals surface area contributed by atoms with E-state index in [0.717, 1.165) is 0 Å². The zero-order chi connectivity index (χ0) is 41.3. The predicted octanol–water partition coefficient (Wildman–Crippen LogP) is -8.83. The van der Waals surface area contributed by atoms with Crippen LogP contribution in [0.15, 0.2) is 14.7 Å². The Balaban J connectivity index is -0.0000000689. The first-order valence-corrected chi connectivity index (χ1v) is 15.1. The molecule has 2 aromatic rings. The van der Waals surface area contributed by atoms with Crippen LogP contribution in [-0.2, 0) is 46.1 Å². The van der Waals surface area contributed by atoms with Gasteiger partial charge in [0.1, 0.15) is 6.04 Å². The molecule has 0 bridgehead atoms. The summed E-state index contributed by atoms with van der Waals surface area (Å²) < 4.78 is 4.74. The predicted molar refractivity (Wildman–Crippen MR) is 193 cm³/mol. The topological polar surface area (TPSA) is 409 Å². The van der Waals surface area contributed by atoms with Gasteiger partial charge in [-0.05, 0) is 49.9 Å². The number of aliphatic hydroxyl groups is 1. The number of carbonyl (C=O) groups excluding carboxylic acids is 6. The molecule has 0 aliphatic rings. The van der Waals surface area contributed by atoms with Crippen molar-refractivity contribution in [3.8, 4) is 11.8 Å². The van der Waals surface area contributed by atoms with Crippen LogP contribution in [-0.4, -0.2) is 102 Å². The Morgan fingerprint density at radius 1 is 0.944 bits per heavy atom. The molecule has 0 fully saturated rings. The molecule has 23 nitrogen and oxygen atoms in total. The third-order valence-corrected chi connectivity index (χ3v) is 4.16. The normalized spacial score (nSPS) is 8.54. The molecule has 0 aromatic carbocycles. The van der Waals surface area contributed by atoms with Gasteiger partial charge in [0, 0.05) is 27.4 Å². The maximum Gasteiger partial charge on any atom is 1.00 e. The van der Waals surface area contributed by atoms with Crippen molar-refractivity contribution in [2.75, 3.05) is 30.5 Å². The summed E-state index contributed by atoms with van der Waals surface area (Å²) in [6.07, 6.45) is 0.804. The minimum absolute atomic E-state index is 0. The van der Waals surface area contributed by atoms with E-state index in [2.05, 4.69) is 84.4 Å². The standard InChI is InChI=1S/C8H15NO3.2C6H7N3O3S.C2H6O.C2H5O.CH4N2S.CO2.2Na.H2O/c1-4-7(9-6(3)10)8(11)12-5-2;2*1-2(10)7-3-4(11)8-6(13)9-5(3)12;2*1-2-3;2-1(3)4;2-1-3;;;/h7H,4-5H2,1-3H3,(H,9,10);2*1H3,(H,7,10)(H3,8,9,11,12,13);3H,2H2,1H3;2H2,1H3;(H4,2,3,4);;;;1H2/q;;;;-1;;;2*+1;. The fourth-order valence-corrected chi connectivity index (χ4v) is 2.68. The van der Waals surface area contributed by atoms with E-state index in [0.29, 0.717) is 13.0 Å². The van der Waals surface area contributed by atoms with Crippen LogP contribution in [0.4, 0.5) is 11.4 Å². The van der Waals surface area contributed by atoms with Crippen molar-refractivity contribution >= 4 is 83.4 Å². The van der Waals surface area contributed by atoms with Gasteiger partial charge in [-0.25, -0.2) is 9.78 Å². The average Bonchev–Trinajstić information content (AvgIpc) is 2.97. The fraction of sp³-hybridized carbons (Fsp3) is 0.462. The van der Waals surface area contributed by atoms with Crippen LogP contribution in [0.25, 0.3) is 0 Å². The van der Waals surface area contributed by atoms with Gasteiger partial charge in [0.05, 0.1) is 6.61 Å². The number of amides is 3. The smallest absolute Gasteiger partial charge is 0.855 e. The van der Waals surface area contributed by atoms with Gasteiger partial charge in [0.15, 0.2) is 21.3 Å². The van der Waals surface area contributed by atoms with E-state index < -0.39 is 40.7 Å².